The highest BCUT2D eigenvalue weighted by molar-refractivity contribution is 9.10. The molecule has 0 bridgehead atoms. The molecule has 0 aliphatic carbocycles. The number of aromatic nitrogens is 1. The molecule has 0 aliphatic rings. The molecule has 1 rings (SSSR count). The van der Waals surface area contributed by atoms with Crippen LogP contribution in [0.15, 0.2) is 6.20 Å². The molecule has 0 saturated carbocycles. The van der Waals surface area contributed by atoms with Crippen molar-refractivity contribution in [1.82, 2.24) is 10.3 Å². The molecule has 0 fully saturated rings. The van der Waals surface area contributed by atoms with Gasteiger partial charge in [0.15, 0.2) is 0 Å². The molecule has 0 spiro atoms. The summed E-state index contributed by atoms with van der Waals surface area (Å²) < 4.78 is 9.98. The van der Waals surface area contributed by atoms with Crippen LogP contribution in [0, 0.1) is 13.8 Å². The van der Waals surface area contributed by atoms with Crippen LogP contribution in [0.1, 0.15) is 16.8 Å². The quantitative estimate of drug-likeness (QED) is 0.635. The van der Waals surface area contributed by atoms with E-state index in [1.165, 1.54) is 7.11 Å². The molecule has 0 radical (unpaired) electrons. The van der Waals surface area contributed by atoms with Gasteiger partial charge in [0.25, 0.3) is 0 Å². The van der Waals surface area contributed by atoms with Gasteiger partial charge in [-0.15, -0.1) is 0 Å². The van der Waals surface area contributed by atoms with Gasteiger partial charge in [0.05, 0.1) is 19.9 Å². The Labute approximate surface area is 121 Å². The van der Waals surface area contributed by atoms with Gasteiger partial charge in [0.1, 0.15) is 10.6 Å². The molecule has 19 heavy (non-hydrogen) atoms. The van der Waals surface area contributed by atoms with Crippen molar-refractivity contribution in [2.45, 2.75) is 25.2 Å². The molecule has 1 unspecified atom stereocenters. The maximum absolute atomic E-state index is 11.2. The summed E-state index contributed by atoms with van der Waals surface area (Å²) in [5.74, 6) is 0.564. The summed E-state index contributed by atoms with van der Waals surface area (Å²) >= 11 is 3.25. The summed E-state index contributed by atoms with van der Waals surface area (Å²) in [6.07, 6.45) is 1.79. The van der Waals surface area contributed by atoms with Crippen LogP contribution in [-0.4, -0.2) is 36.5 Å². The molecule has 0 amide bonds. The van der Waals surface area contributed by atoms with E-state index in [9.17, 15) is 4.79 Å². The van der Waals surface area contributed by atoms with Crippen LogP contribution in [0.2, 0.25) is 0 Å². The summed E-state index contributed by atoms with van der Waals surface area (Å²) in [7, 11) is 3.02. The van der Waals surface area contributed by atoms with Gasteiger partial charge in [-0.2, -0.15) is 0 Å². The van der Waals surface area contributed by atoms with Crippen LogP contribution in [0.25, 0.3) is 0 Å². The number of carbonyl (C=O) groups is 1. The lowest BCUT2D eigenvalue weighted by Gasteiger charge is -2.13. The third-order valence-electron chi connectivity index (χ3n) is 2.82. The Balaban J connectivity index is 2.62. The van der Waals surface area contributed by atoms with E-state index in [0.29, 0.717) is 13.1 Å². The summed E-state index contributed by atoms with van der Waals surface area (Å²) in [6.45, 7) is 4.98. The maximum Gasteiger partial charge on any atom is 0.320 e. The second-order valence-electron chi connectivity index (χ2n) is 4.17. The van der Waals surface area contributed by atoms with Gasteiger partial charge in [0, 0.05) is 30.4 Å². The standard InChI is InChI=1S/C13H19BrN2O3/c1-8-5-16-11(9(2)12(8)18-3)7-15-6-10(14)13(17)19-4/h5,10,15H,6-7H2,1-4H3. The third kappa shape index (κ3) is 4.18. The number of rotatable bonds is 6. The van der Waals surface area contributed by atoms with E-state index in [1.54, 1.807) is 13.3 Å². The average molecular weight is 331 g/mol. The van der Waals surface area contributed by atoms with E-state index in [4.69, 9.17) is 4.74 Å². The lowest BCUT2D eigenvalue weighted by atomic mass is 10.1. The minimum Gasteiger partial charge on any atom is -0.496 e. The summed E-state index contributed by atoms with van der Waals surface area (Å²) in [5.41, 5.74) is 2.93. The zero-order valence-corrected chi connectivity index (χ0v) is 13.2. The molecule has 6 heteroatoms. The number of aryl methyl sites for hydroxylation is 1. The van der Waals surface area contributed by atoms with Crippen LogP contribution in [0.4, 0.5) is 0 Å². The van der Waals surface area contributed by atoms with Crippen LogP contribution >= 0.6 is 15.9 Å². The topological polar surface area (TPSA) is 60.5 Å². The van der Waals surface area contributed by atoms with E-state index in [1.807, 2.05) is 13.8 Å². The zero-order chi connectivity index (χ0) is 14.4. The van der Waals surface area contributed by atoms with Crippen molar-refractivity contribution in [1.29, 1.82) is 0 Å². The number of esters is 1. The maximum atomic E-state index is 11.2. The second-order valence-corrected chi connectivity index (χ2v) is 5.27. The van der Waals surface area contributed by atoms with Crippen molar-refractivity contribution in [3.63, 3.8) is 0 Å². The number of ether oxygens (including phenoxy) is 2. The van der Waals surface area contributed by atoms with Crippen LogP contribution in [0.5, 0.6) is 5.75 Å². The smallest absolute Gasteiger partial charge is 0.320 e. The van der Waals surface area contributed by atoms with E-state index in [2.05, 4.69) is 31.0 Å². The second kappa shape index (κ2) is 7.45. The van der Waals surface area contributed by atoms with E-state index in [0.717, 1.165) is 22.6 Å². The van der Waals surface area contributed by atoms with Gasteiger partial charge in [-0.05, 0) is 13.8 Å². The number of alkyl halides is 1. The monoisotopic (exact) mass is 330 g/mol. The number of methoxy groups -OCH3 is 2. The van der Waals surface area contributed by atoms with Crippen molar-refractivity contribution >= 4 is 21.9 Å². The Hall–Kier alpha value is -1.14. The number of halogens is 1. The van der Waals surface area contributed by atoms with Gasteiger partial charge in [-0.3, -0.25) is 9.78 Å². The van der Waals surface area contributed by atoms with Crippen LogP contribution in [-0.2, 0) is 16.1 Å². The predicted octanol–water partition coefficient (Wildman–Crippen LogP) is 1.73. The lowest BCUT2D eigenvalue weighted by molar-refractivity contribution is -0.139. The predicted molar refractivity (Wildman–Crippen MR) is 76.7 cm³/mol. The van der Waals surface area contributed by atoms with E-state index < -0.39 is 0 Å². The Bertz CT molecular complexity index is 452. The first kappa shape index (κ1) is 15.9. The van der Waals surface area contributed by atoms with Gasteiger partial charge >= 0.3 is 5.97 Å². The summed E-state index contributed by atoms with van der Waals surface area (Å²) in [6, 6.07) is 0. The molecule has 5 nitrogen and oxygen atoms in total. The van der Waals surface area contributed by atoms with Gasteiger partial charge in [-0.25, -0.2) is 0 Å². The number of nitrogens with one attached hydrogen (secondary N) is 1. The van der Waals surface area contributed by atoms with Crippen molar-refractivity contribution in [3.05, 3.63) is 23.0 Å². The molecule has 1 aromatic heterocycles. The summed E-state index contributed by atoms with van der Waals surface area (Å²) in [5, 5.41) is 3.16. The Kier molecular flexibility index (Phi) is 6.24. The zero-order valence-electron chi connectivity index (χ0n) is 11.6. The Morgan fingerprint density at radius 3 is 2.74 bits per heavy atom. The Morgan fingerprint density at radius 1 is 1.47 bits per heavy atom. The highest BCUT2D eigenvalue weighted by Gasteiger charge is 2.15. The fraction of sp³-hybridized carbons (Fsp3) is 0.538. The van der Waals surface area contributed by atoms with E-state index >= 15 is 0 Å². The molecular formula is C13H19BrN2O3. The Morgan fingerprint density at radius 2 is 2.16 bits per heavy atom. The van der Waals surface area contributed by atoms with Crippen molar-refractivity contribution in [3.8, 4) is 5.75 Å². The first-order valence-electron chi connectivity index (χ1n) is 5.93. The van der Waals surface area contributed by atoms with Gasteiger partial charge < -0.3 is 14.8 Å². The number of carbonyl (C=O) groups excluding carboxylic acids is 1. The molecule has 106 valence electrons. The molecule has 1 aromatic rings. The lowest BCUT2D eigenvalue weighted by Crippen LogP contribution is -2.29. The fourth-order valence-electron chi connectivity index (χ4n) is 1.78. The van der Waals surface area contributed by atoms with E-state index in [-0.39, 0.29) is 10.8 Å². The third-order valence-corrected chi connectivity index (χ3v) is 3.52. The molecule has 1 N–H and O–H groups in total. The SMILES string of the molecule is COC(=O)C(Br)CNCc1ncc(C)c(OC)c1C. The van der Waals surface area contributed by atoms with Gasteiger partial charge in [0.2, 0.25) is 0 Å². The molecule has 0 saturated heterocycles. The van der Waals surface area contributed by atoms with Crippen molar-refractivity contribution in [2.75, 3.05) is 20.8 Å². The first-order valence-corrected chi connectivity index (χ1v) is 6.84. The number of hydrogen-bond donors (Lipinski definition) is 1. The molecular weight excluding hydrogens is 312 g/mol. The molecule has 1 heterocycles. The summed E-state index contributed by atoms with van der Waals surface area (Å²) in [4.78, 5) is 15.2. The average Bonchev–Trinajstić information content (AvgIpc) is 2.40. The highest BCUT2D eigenvalue weighted by Crippen LogP contribution is 2.23. The minimum atomic E-state index is -0.356. The number of pyridine rings is 1. The highest BCUT2D eigenvalue weighted by atomic mass is 79.9. The van der Waals surface area contributed by atoms with Crippen LogP contribution in [0.3, 0.4) is 0 Å². The molecule has 0 aliphatic heterocycles. The normalized spacial score (nSPS) is 12.1. The van der Waals surface area contributed by atoms with Crippen molar-refractivity contribution < 1.29 is 14.3 Å². The molecule has 1 atom stereocenters. The fourth-order valence-corrected chi connectivity index (χ4v) is 2.19. The van der Waals surface area contributed by atoms with Crippen molar-refractivity contribution in [2.24, 2.45) is 0 Å². The largest absolute Gasteiger partial charge is 0.496 e. The minimum absolute atomic E-state index is 0.293. The van der Waals surface area contributed by atoms with Crippen LogP contribution < -0.4 is 10.1 Å². The number of hydrogen-bond acceptors (Lipinski definition) is 5. The van der Waals surface area contributed by atoms with Gasteiger partial charge in [-0.1, -0.05) is 15.9 Å². The number of nitrogens with zero attached hydrogens (tertiary/aromatic N) is 1. The first-order chi connectivity index (χ1) is 9.01. The molecule has 0 aromatic carbocycles.